The molecule has 1 aromatic heterocycles. The zero-order chi connectivity index (χ0) is 23.1. The van der Waals surface area contributed by atoms with E-state index in [2.05, 4.69) is 15.6 Å². The van der Waals surface area contributed by atoms with Crippen LogP contribution in [-0.4, -0.2) is 25.2 Å². The first kappa shape index (κ1) is 21.5. The van der Waals surface area contributed by atoms with Crippen LogP contribution in [-0.2, 0) is 22.6 Å². The van der Waals surface area contributed by atoms with E-state index in [4.69, 9.17) is 0 Å². The van der Waals surface area contributed by atoms with E-state index in [-0.39, 0.29) is 33.2 Å². The molecule has 2 aromatic carbocycles. The van der Waals surface area contributed by atoms with Crippen molar-refractivity contribution < 1.29 is 31.2 Å². The van der Waals surface area contributed by atoms with E-state index < -0.39 is 33.5 Å². The maximum Gasteiger partial charge on any atom is 0.433 e. The van der Waals surface area contributed by atoms with Crippen LogP contribution >= 0.6 is 0 Å². The van der Waals surface area contributed by atoms with Gasteiger partial charge in [-0.1, -0.05) is 18.2 Å². The molecule has 0 aliphatic carbocycles. The summed E-state index contributed by atoms with van der Waals surface area (Å²) in [7, 11) is -4.00. The number of anilines is 1. The molecule has 164 valence electrons. The summed E-state index contributed by atoms with van der Waals surface area (Å²) >= 11 is 0. The highest BCUT2D eigenvalue weighted by Gasteiger charge is 2.32. The molecule has 0 saturated heterocycles. The van der Waals surface area contributed by atoms with Gasteiger partial charge < -0.3 is 10.6 Å². The fourth-order valence-corrected chi connectivity index (χ4v) is 4.77. The number of benzene rings is 2. The third-order valence-electron chi connectivity index (χ3n) is 4.77. The van der Waals surface area contributed by atoms with Crippen molar-refractivity contribution in [1.29, 1.82) is 0 Å². The van der Waals surface area contributed by atoms with Gasteiger partial charge in [-0.3, -0.25) is 14.6 Å². The van der Waals surface area contributed by atoms with E-state index in [1.165, 1.54) is 42.5 Å². The molecule has 0 bridgehead atoms. The number of carbonyl (C=O) groups excluding carboxylic acids is 2. The average molecular weight is 461 g/mol. The van der Waals surface area contributed by atoms with Crippen LogP contribution in [0, 0.1) is 0 Å². The molecule has 3 aromatic rings. The molecule has 0 fully saturated rings. The minimum absolute atomic E-state index is 0.00972. The highest BCUT2D eigenvalue weighted by molar-refractivity contribution is 7.91. The van der Waals surface area contributed by atoms with Crippen LogP contribution in [0.5, 0.6) is 0 Å². The van der Waals surface area contributed by atoms with Gasteiger partial charge in [0.2, 0.25) is 9.84 Å². The number of hydrogen-bond donors (Lipinski definition) is 2. The molecule has 2 heterocycles. The molecule has 2 amide bonds. The molecule has 11 heteroatoms. The summed E-state index contributed by atoms with van der Waals surface area (Å²) in [5, 5.41) is 5.03. The summed E-state index contributed by atoms with van der Waals surface area (Å²) in [6.07, 6.45) is -3.56. The minimum Gasteiger partial charge on any atom is -0.348 e. The van der Waals surface area contributed by atoms with Crippen LogP contribution < -0.4 is 10.6 Å². The van der Waals surface area contributed by atoms with E-state index in [9.17, 15) is 31.2 Å². The monoisotopic (exact) mass is 461 g/mol. The van der Waals surface area contributed by atoms with Crippen molar-refractivity contribution in [3.8, 4) is 0 Å². The van der Waals surface area contributed by atoms with Crippen LogP contribution in [0.15, 0.2) is 70.6 Å². The standard InChI is InChI=1S/C21H14F3N3O4S/c22-21(23,24)18-8-5-12(10-25-18)11-26-19(28)13-6-7-17-15(9-13)27-20(29)14-3-1-2-4-16(14)32(17,30)31/h1-10H,11H2,(H,26,28)(H,27,29). The van der Waals surface area contributed by atoms with E-state index in [1.54, 1.807) is 6.07 Å². The lowest BCUT2D eigenvalue weighted by molar-refractivity contribution is -0.141. The van der Waals surface area contributed by atoms with Crippen molar-refractivity contribution in [3.05, 3.63) is 83.2 Å². The predicted molar refractivity (Wildman–Crippen MR) is 107 cm³/mol. The molecule has 0 radical (unpaired) electrons. The van der Waals surface area contributed by atoms with Crippen LogP contribution in [0.2, 0.25) is 0 Å². The Morgan fingerprint density at radius 2 is 1.78 bits per heavy atom. The number of sulfone groups is 1. The topological polar surface area (TPSA) is 105 Å². The number of halogens is 3. The Balaban J connectivity index is 1.56. The number of alkyl halides is 3. The van der Waals surface area contributed by atoms with Crippen molar-refractivity contribution in [2.45, 2.75) is 22.5 Å². The van der Waals surface area contributed by atoms with E-state index >= 15 is 0 Å². The van der Waals surface area contributed by atoms with Gasteiger partial charge in [-0.2, -0.15) is 13.2 Å². The summed E-state index contributed by atoms with van der Waals surface area (Å²) < 4.78 is 63.7. The van der Waals surface area contributed by atoms with Gasteiger partial charge in [0.1, 0.15) is 5.69 Å². The van der Waals surface area contributed by atoms with Gasteiger partial charge in [-0.05, 0) is 42.0 Å². The van der Waals surface area contributed by atoms with E-state index in [0.29, 0.717) is 5.56 Å². The Kier molecular flexibility index (Phi) is 5.21. The molecule has 0 unspecified atom stereocenters. The number of carbonyl (C=O) groups is 2. The summed E-state index contributed by atoms with van der Waals surface area (Å²) in [5.41, 5.74) is -0.701. The fraction of sp³-hybridized carbons (Fsp3) is 0.0952. The number of aromatic nitrogens is 1. The maximum atomic E-state index is 13.0. The van der Waals surface area contributed by atoms with Crippen LogP contribution in [0.3, 0.4) is 0 Å². The number of amides is 2. The average Bonchev–Trinajstić information content (AvgIpc) is 2.84. The lowest BCUT2D eigenvalue weighted by atomic mass is 10.1. The van der Waals surface area contributed by atoms with E-state index in [0.717, 1.165) is 12.3 Å². The molecule has 1 aliphatic heterocycles. The van der Waals surface area contributed by atoms with Crippen molar-refractivity contribution in [2.75, 3.05) is 5.32 Å². The predicted octanol–water partition coefficient (Wildman–Crippen LogP) is 3.43. The summed E-state index contributed by atoms with van der Waals surface area (Å²) in [5.74, 6) is -1.24. The van der Waals surface area contributed by atoms with Crippen LogP contribution in [0.25, 0.3) is 0 Å². The Morgan fingerprint density at radius 1 is 1.03 bits per heavy atom. The number of rotatable bonds is 3. The van der Waals surface area contributed by atoms with E-state index in [1.807, 2.05) is 0 Å². The normalized spacial score (nSPS) is 14.5. The number of fused-ring (bicyclic) bond motifs is 2. The minimum atomic E-state index is -4.56. The first-order valence-corrected chi connectivity index (χ1v) is 10.7. The van der Waals surface area contributed by atoms with Crippen LogP contribution in [0.1, 0.15) is 32.0 Å². The highest BCUT2D eigenvalue weighted by atomic mass is 32.2. The Bertz CT molecular complexity index is 1340. The molecule has 7 nitrogen and oxygen atoms in total. The molecule has 32 heavy (non-hydrogen) atoms. The zero-order valence-electron chi connectivity index (χ0n) is 16.1. The molecule has 2 N–H and O–H groups in total. The van der Waals surface area contributed by atoms with Gasteiger partial charge in [0.05, 0.1) is 21.0 Å². The second-order valence-corrected chi connectivity index (χ2v) is 8.78. The summed E-state index contributed by atoms with van der Waals surface area (Å²) in [6, 6.07) is 11.5. The second kappa shape index (κ2) is 7.75. The Hall–Kier alpha value is -3.73. The zero-order valence-corrected chi connectivity index (χ0v) is 16.9. The first-order valence-electron chi connectivity index (χ1n) is 9.17. The molecule has 0 spiro atoms. The molecule has 1 aliphatic rings. The Morgan fingerprint density at radius 3 is 2.47 bits per heavy atom. The largest absolute Gasteiger partial charge is 0.433 e. The number of hydrogen-bond acceptors (Lipinski definition) is 5. The molecular formula is C21H14F3N3O4S. The molecule has 0 saturated carbocycles. The maximum absolute atomic E-state index is 13.0. The van der Waals surface area contributed by atoms with Gasteiger partial charge in [-0.15, -0.1) is 0 Å². The number of pyridine rings is 1. The summed E-state index contributed by atoms with van der Waals surface area (Å²) in [4.78, 5) is 28.0. The van der Waals surface area contributed by atoms with Crippen molar-refractivity contribution in [3.63, 3.8) is 0 Å². The SMILES string of the molecule is O=C(NCc1ccc(C(F)(F)F)nc1)c1ccc2c(c1)NC(=O)c1ccccc1S2(=O)=O. The molecular weight excluding hydrogens is 447 g/mol. The fourth-order valence-electron chi connectivity index (χ4n) is 3.18. The summed E-state index contributed by atoms with van der Waals surface area (Å²) in [6.45, 7) is -0.100. The van der Waals surface area contributed by atoms with Crippen LogP contribution in [0.4, 0.5) is 18.9 Å². The lowest BCUT2D eigenvalue weighted by Gasteiger charge is -2.11. The Labute approximate surface area is 180 Å². The number of nitrogens with zero attached hydrogens (tertiary/aromatic N) is 1. The quantitative estimate of drug-likeness (QED) is 0.622. The van der Waals surface area contributed by atoms with Gasteiger partial charge in [0, 0.05) is 18.3 Å². The first-order chi connectivity index (χ1) is 15.1. The van der Waals surface area contributed by atoms with Gasteiger partial charge in [-0.25, -0.2) is 8.42 Å². The van der Waals surface area contributed by atoms with Crippen molar-refractivity contribution in [2.24, 2.45) is 0 Å². The smallest absolute Gasteiger partial charge is 0.348 e. The molecule has 0 atom stereocenters. The number of nitrogens with one attached hydrogen (secondary N) is 2. The van der Waals surface area contributed by atoms with Crippen molar-refractivity contribution in [1.82, 2.24) is 10.3 Å². The van der Waals surface area contributed by atoms with Gasteiger partial charge in [0.25, 0.3) is 11.8 Å². The third kappa shape index (κ3) is 3.94. The van der Waals surface area contributed by atoms with Crippen molar-refractivity contribution >= 4 is 27.3 Å². The third-order valence-corrected chi connectivity index (χ3v) is 6.64. The van der Waals surface area contributed by atoms with Gasteiger partial charge in [0.15, 0.2) is 0 Å². The highest BCUT2D eigenvalue weighted by Crippen LogP contribution is 2.34. The molecule has 4 rings (SSSR count). The van der Waals surface area contributed by atoms with Gasteiger partial charge >= 0.3 is 6.18 Å². The second-order valence-electron chi connectivity index (χ2n) is 6.90. The lowest BCUT2D eigenvalue weighted by Crippen LogP contribution is -2.23.